The van der Waals surface area contributed by atoms with Crippen molar-refractivity contribution in [1.82, 2.24) is 9.88 Å². The van der Waals surface area contributed by atoms with Gasteiger partial charge in [-0.1, -0.05) is 31.5 Å². The molecule has 0 radical (unpaired) electrons. The van der Waals surface area contributed by atoms with Crippen LogP contribution in [0.1, 0.15) is 50.4 Å². The van der Waals surface area contributed by atoms with Crippen molar-refractivity contribution in [3.05, 3.63) is 47.3 Å². The van der Waals surface area contributed by atoms with Crippen molar-refractivity contribution in [2.24, 2.45) is 5.92 Å². The van der Waals surface area contributed by atoms with Gasteiger partial charge in [0.2, 0.25) is 0 Å². The third-order valence-corrected chi connectivity index (χ3v) is 5.60. The minimum Gasteiger partial charge on any atom is -0.463 e. The molecule has 25 heavy (non-hydrogen) atoms. The molecular formula is C21H26N2O2. The molecule has 2 atom stereocenters. The molecule has 0 aliphatic carbocycles. The number of hydrogen-bond acceptors (Lipinski definition) is 3. The van der Waals surface area contributed by atoms with E-state index in [0.717, 1.165) is 37.8 Å². The molecule has 0 spiro atoms. The number of nitrogens with zero attached hydrogens (tertiary/aromatic N) is 1. The highest BCUT2D eigenvalue weighted by Gasteiger charge is 2.37. The number of fused-ring (bicyclic) bond motifs is 5. The Hall–Kier alpha value is -2.23. The number of ether oxygens (including phenoxy) is 1. The van der Waals surface area contributed by atoms with E-state index >= 15 is 0 Å². The largest absolute Gasteiger partial charge is 0.463 e. The first-order valence-electron chi connectivity index (χ1n) is 9.47. The number of esters is 1. The van der Waals surface area contributed by atoms with E-state index in [1.807, 2.05) is 6.92 Å². The number of aromatic nitrogens is 1. The number of benzene rings is 1. The predicted octanol–water partition coefficient (Wildman–Crippen LogP) is 4.33. The molecule has 1 aromatic heterocycles. The molecule has 0 bridgehead atoms. The summed E-state index contributed by atoms with van der Waals surface area (Å²) in [6.07, 6.45) is 6.19. The van der Waals surface area contributed by atoms with E-state index in [4.69, 9.17) is 4.74 Å². The molecule has 4 rings (SSSR count). The second-order valence-electron chi connectivity index (χ2n) is 7.09. The molecule has 4 heteroatoms. The molecule has 1 aromatic carbocycles. The summed E-state index contributed by atoms with van der Waals surface area (Å²) in [6, 6.07) is 8.91. The molecule has 0 saturated carbocycles. The second kappa shape index (κ2) is 6.58. The lowest BCUT2D eigenvalue weighted by atomic mass is 9.81. The van der Waals surface area contributed by atoms with Crippen molar-refractivity contribution in [2.45, 2.75) is 45.6 Å². The Bertz CT molecular complexity index is 820. The maximum absolute atomic E-state index is 12.4. The summed E-state index contributed by atoms with van der Waals surface area (Å²) in [7, 11) is 0. The van der Waals surface area contributed by atoms with Crippen molar-refractivity contribution >= 4 is 16.9 Å². The zero-order valence-corrected chi connectivity index (χ0v) is 15.0. The van der Waals surface area contributed by atoms with E-state index in [1.54, 1.807) is 0 Å². The predicted molar refractivity (Wildman–Crippen MR) is 99.2 cm³/mol. The average Bonchev–Trinajstić information content (AvgIpc) is 3.01. The van der Waals surface area contributed by atoms with Crippen molar-refractivity contribution in [3.8, 4) is 0 Å². The first-order valence-corrected chi connectivity index (χ1v) is 9.47. The topological polar surface area (TPSA) is 45.3 Å². The van der Waals surface area contributed by atoms with Gasteiger partial charge in [0.05, 0.1) is 18.2 Å². The minimum atomic E-state index is -0.137. The Morgan fingerprint density at radius 1 is 1.32 bits per heavy atom. The number of carbonyl (C=O) groups is 1. The van der Waals surface area contributed by atoms with Gasteiger partial charge in [-0.05, 0) is 43.7 Å². The molecule has 3 heterocycles. The number of carbonyl (C=O) groups excluding carboxylic acids is 1. The summed E-state index contributed by atoms with van der Waals surface area (Å²) >= 11 is 0. The smallest absolute Gasteiger partial charge is 0.335 e. The standard InChI is InChI=1S/C21H26N2O2/c1-3-7-14-12-19-20-16(15-8-5-6-9-18(15)22-20)10-11-23(19)13-17(14)21(24)25-4-2/h5-6,8-9,13-14,19,22H,3-4,7,10-12H2,1-2H3/t14-,19+/m1/s1. The van der Waals surface area contributed by atoms with E-state index < -0.39 is 0 Å². The van der Waals surface area contributed by atoms with Crippen LogP contribution in [0.25, 0.3) is 10.9 Å². The molecule has 1 N–H and O–H groups in total. The lowest BCUT2D eigenvalue weighted by Gasteiger charge is -2.41. The SMILES string of the molecule is CCC[C@@H]1C[C@H]2c3[nH]c4ccccc4c3CCN2C=C1C(=O)OCC. The second-order valence-corrected chi connectivity index (χ2v) is 7.09. The van der Waals surface area contributed by atoms with E-state index in [0.29, 0.717) is 12.6 Å². The van der Waals surface area contributed by atoms with E-state index in [9.17, 15) is 4.79 Å². The summed E-state index contributed by atoms with van der Waals surface area (Å²) in [5.41, 5.74) is 4.88. The van der Waals surface area contributed by atoms with E-state index in [-0.39, 0.29) is 11.9 Å². The Labute approximate surface area is 148 Å². The molecule has 0 saturated heterocycles. The number of hydrogen-bond donors (Lipinski definition) is 1. The van der Waals surface area contributed by atoms with Gasteiger partial charge >= 0.3 is 5.97 Å². The zero-order chi connectivity index (χ0) is 17.4. The van der Waals surface area contributed by atoms with E-state index in [2.05, 4.69) is 47.3 Å². The van der Waals surface area contributed by atoms with Crippen molar-refractivity contribution in [1.29, 1.82) is 0 Å². The highest BCUT2D eigenvalue weighted by atomic mass is 16.5. The number of H-pyrrole nitrogens is 1. The normalized spacial score (nSPS) is 22.3. The highest BCUT2D eigenvalue weighted by molar-refractivity contribution is 5.89. The summed E-state index contributed by atoms with van der Waals surface area (Å²) in [4.78, 5) is 18.4. The molecule has 4 nitrogen and oxygen atoms in total. The lowest BCUT2D eigenvalue weighted by Crippen LogP contribution is -2.38. The van der Waals surface area contributed by atoms with Crippen molar-refractivity contribution in [2.75, 3.05) is 13.2 Å². The van der Waals surface area contributed by atoms with Gasteiger partial charge in [-0.25, -0.2) is 4.79 Å². The van der Waals surface area contributed by atoms with Crippen LogP contribution in [0.5, 0.6) is 0 Å². The van der Waals surface area contributed by atoms with Crippen LogP contribution in [-0.4, -0.2) is 29.0 Å². The van der Waals surface area contributed by atoms with Gasteiger partial charge in [0.1, 0.15) is 0 Å². The highest BCUT2D eigenvalue weighted by Crippen LogP contribution is 2.43. The van der Waals surface area contributed by atoms with Crippen LogP contribution in [0.4, 0.5) is 0 Å². The fourth-order valence-corrected chi connectivity index (χ4v) is 4.48. The zero-order valence-electron chi connectivity index (χ0n) is 15.0. The van der Waals surface area contributed by atoms with Gasteiger partial charge in [0.25, 0.3) is 0 Å². The number of nitrogens with one attached hydrogen (secondary N) is 1. The van der Waals surface area contributed by atoms with Crippen LogP contribution in [0.3, 0.4) is 0 Å². The van der Waals surface area contributed by atoms with Gasteiger partial charge in [0, 0.05) is 29.3 Å². The fraction of sp³-hybridized carbons (Fsp3) is 0.476. The summed E-state index contributed by atoms with van der Waals surface area (Å²) in [6.45, 7) is 5.45. The van der Waals surface area contributed by atoms with Crippen LogP contribution in [-0.2, 0) is 16.0 Å². The van der Waals surface area contributed by atoms with Gasteiger partial charge in [-0.15, -0.1) is 0 Å². The average molecular weight is 338 g/mol. The van der Waals surface area contributed by atoms with Gasteiger partial charge in [-0.3, -0.25) is 0 Å². The molecule has 2 aromatic rings. The first-order chi connectivity index (χ1) is 12.2. The van der Waals surface area contributed by atoms with Crippen LogP contribution in [0, 0.1) is 5.92 Å². The van der Waals surface area contributed by atoms with Gasteiger partial charge in [0.15, 0.2) is 0 Å². The molecule has 132 valence electrons. The molecule has 2 aliphatic rings. The Morgan fingerprint density at radius 2 is 2.16 bits per heavy atom. The van der Waals surface area contributed by atoms with Crippen LogP contribution in [0.2, 0.25) is 0 Å². The molecule has 0 amide bonds. The summed E-state index contributed by atoms with van der Waals surface area (Å²) in [5, 5.41) is 1.35. The van der Waals surface area contributed by atoms with Crippen LogP contribution < -0.4 is 0 Å². The molecule has 2 aliphatic heterocycles. The maximum Gasteiger partial charge on any atom is 0.335 e. The quantitative estimate of drug-likeness (QED) is 0.844. The Balaban J connectivity index is 1.73. The third kappa shape index (κ3) is 2.74. The minimum absolute atomic E-state index is 0.137. The van der Waals surface area contributed by atoms with Gasteiger partial charge < -0.3 is 14.6 Å². The van der Waals surface area contributed by atoms with E-state index in [1.165, 1.54) is 22.2 Å². The van der Waals surface area contributed by atoms with Crippen LogP contribution >= 0.6 is 0 Å². The number of rotatable bonds is 4. The molecular weight excluding hydrogens is 312 g/mol. The van der Waals surface area contributed by atoms with Gasteiger partial charge in [-0.2, -0.15) is 0 Å². The first kappa shape index (κ1) is 16.2. The van der Waals surface area contributed by atoms with Crippen LogP contribution in [0.15, 0.2) is 36.0 Å². The Morgan fingerprint density at radius 3 is 2.96 bits per heavy atom. The molecule has 0 fully saturated rings. The van der Waals surface area contributed by atoms with Crippen molar-refractivity contribution in [3.63, 3.8) is 0 Å². The monoisotopic (exact) mass is 338 g/mol. The molecule has 0 unspecified atom stereocenters. The van der Waals surface area contributed by atoms with Crippen molar-refractivity contribution < 1.29 is 9.53 Å². The third-order valence-electron chi connectivity index (χ3n) is 5.60. The fourth-order valence-electron chi connectivity index (χ4n) is 4.48. The summed E-state index contributed by atoms with van der Waals surface area (Å²) < 4.78 is 5.31. The Kier molecular flexibility index (Phi) is 4.28. The number of para-hydroxylation sites is 1. The lowest BCUT2D eigenvalue weighted by molar-refractivity contribution is -0.139. The summed E-state index contributed by atoms with van der Waals surface area (Å²) in [5.74, 6) is 0.143. The maximum atomic E-state index is 12.4. The number of aromatic amines is 1.